The van der Waals surface area contributed by atoms with Gasteiger partial charge in [-0.2, -0.15) is 0 Å². The molecule has 1 aliphatic heterocycles. The molecule has 33 heavy (non-hydrogen) atoms. The van der Waals surface area contributed by atoms with Crippen molar-refractivity contribution in [3.8, 4) is 5.69 Å². The Labute approximate surface area is 199 Å². The lowest BCUT2D eigenvalue weighted by Gasteiger charge is -2.30. The topological polar surface area (TPSA) is 54.3 Å². The highest BCUT2D eigenvalue weighted by atomic mass is 32.1. The van der Waals surface area contributed by atoms with Crippen LogP contribution in [0.4, 0.5) is 5.69 Å². The standard InChI is InChI=1S/C27H27N3O2S/c1-15-7-8-24(18(4)10-15)30-26(32)23(25(31)28-27(30)33)14-21-13-19(5)29(20(21)6)22-11-16(2)9-17(3)12-22/h7-14H,1-6H3,(H,28,31,33)/b23-14+. The molecule has 0 unspecified atom stereocenters. The number of carbonyl (C=O) groups excluding carboxylic acids is 2. The van der Waals surface area contributed by atoms with E-state index in [2.05, 4.69) is 41.9 Å². The number of nitrogens with one attached hydrogen (secondary N) is 1. The fraction of sp³-hybridized carbons (Fsp3) is 0.222. The molecular formula is C27H27N3O2S. The second-order valence-electron chi connectivity index (χ2n) is 8.76. The summed E-state index contributed by atoms with van der Waals surface area (Å²) in [5.74, 6) is -0.908. The Morgan fingerprint density at radius 1 is 0.848 bits per heavy atom. The van der Waals surface area contributed by atoms with Crippen LogP contribution in [0.15, 0.2) is 48.0 Å². The van der Waals surface area contributed by atoms with Crippen molar-refractivity contribution in [1.29, 1.82) is 0 Å². The third-order valence-electron chi connectivity index (χ3n) is 5.93. The summed E-state index contributed by atoms with van der Waals surface area (Å²) in [6, 6.07) is 14.2. The van der Waals surface area contributed by atoms with E-state index in [-0.39, 0.29) is 10.7 Å². The average Bonchev–Trinajstić information content (AvgIpc) is 2.99. The number of nitrogens with zero attached hydrogens (tertiary/aromatic N) is 2. The highest BCUT2D eigenvalue weighted by molar-refractivity contribution is 7.80. The highest BCUT2D eigenvalue weighted by Crippen LogP contribution is 2.28. The third kappa shape index (κ3) is 4.14. The number of carbonyl (C=O) groups is 2. The van der Waals surface area contributed by atoms with Gasteiger partial charge in [-0.05, 0) is 106 Å². The first kappa shape index (κ1) is 22.7. The van der Waals surface area contributed by atoms with E-state index in [1.54, 1.807) is 6.08 Å². The van der Waals surface area contributed by atoms with Crippen molar-refractivity contribution in [3.05, 3.63) is 87.2 Å². The molecular weight excluding hydrogens is 430 g/mol. The zero-order valence-electron chi connectivity index (χ0n) is 19.7. The first-order valence-electron chi connectivity index (χ1n) is 10.8. The minimum Gasteiger partial charge on any atom is -0.318 e. The van der Waals surface area contributed by atoms with Gasteiger partial charge in [0.2, 0.25) is 0 Å². The number of amides is 2. The first-order chi connectivity index (χ1) is 15.6. The van der Waals surface area contributed by atoms with Crippen LogP contribution in [0.25, 0.3) is 11.8 Å². The predicted octanol–water partition coefficient (Wildman–Crippen LogP) is 5.16. The molecule has 168 valence electrons. The molecule has 3 aromatic rings. The van der Waals surface area contributed by atoms with Gasteiger partial charge in [-0.1, -0.05) is 23.8 Å². The van der Waals surface area contributed by atoms with E-state index in [0.717, 1.165) is 33.8 Å². The maximum Gasteiger partial charge on any atom is 0.270 e. The average molecular weight is 458 g/mol. The molecule has 0 spiro atoms. The van der Waals surface area contributed by atoms with Crippen molar-refractivity contribution >= 4 is 40.9 Å². The molecule has 5 nitrogen and oxygen atoms in total. The van der Waals surface area contributed by atoms with Gasteiger partial charge in [0, 0.05) is 17.1 Å². The summed E-state index contributed by atoms with van der Waals surface area (Å²) in [4.78, 5) is 27.6. The number of rotatable bonds is 3. The lowest BCUT2D eigenvalue weighted by molar-refractivity contribution is -0.122. The molecule has 1 fully saturated rings. The molecule has 1 aromatic heterocycles. The van der Waals surface area contributed by atoms with Crippen LogP contribution in [0, 0.1) is 41.5 Å². The van der Waals surface area contributed by atoms with Gasteiger partial charge >= 0.3 is 0 Å². The van der Waals surface area contributed by atoms with Crippen molar-refractivity contribution in [2.24, 2.45) is 0 Å². The van der Waals surface area contributed by atoms with E-state index in [4.69, 9.17) is 12.2 Å². The van der Waals surface area contributed by atoms with Gasteiger partial charge in [0.05, 0.1) is 5.69 Å². The van der Waals surface area contributed by atoms with Gasteiger partial charge in [-0.3, -0.25) is 19.8 Å². The van der Waals surface area contributed by atoms with Crippen LogP contribution in [0.2, 0.25) is 0 Å². The predicted molar refractivity (Wildman–Crippen MR) is 137 cm³/mol. The van der Waals surface area contributed by atoms with E-state index in [0.29, 0.717) is 5.69 Å². The minimum atomic E-state index is -0.484. The largest absolute Gasteiger partial charge is 0.318 e. The van der Waals surface area contributed by atoms with E-state index in [1.807, 2.05) is 52.0 Å². The minimum absolute atomic E-state index is 0.0595. The molecule has 1 N–H and O–H groups in total. The maximum absolute atomic E-state index is 13.5. The molecule has 6 heteroatoms. The SMILES string of the molecule is Cc1cc(C)cc(-n2c(C)cc(/C=C3\C(=O)NC(=S)N(c4ccc(C)cc4C)C3=O)c2C)c1. The Hall–Kier alpha value is -3.51. The molecule has 2 amide bonds. The summed E-state index contributed by atoms with van der Waals surface area (Å²) in [5.41, 5.74) is 8.94. The van der Waals surface area contributed by atoms with Crippen LogP contribution >= 0.6 is 12.2 Å². The molecule has 0 aliphatic carbocycles. The van der Waals surface area contributed by atoms with Crippen LogP contribution in [-0.2, 0) is 9.59 Å². The van der Waals surface area contributed by atoms with E-state index >= 15 is 0 Å². The molecule has 4 rings (SSSR count). The van der Waals surface area contributed by atoms with Crippen molar-refractivity contribution in [1.82, 2.24) is 9.88 Å². The van der Waals surface area contributed by atoms with Crippen molar-refractivity contribution in [3.63, 3.8) is 0 Å². The third-order valence-corrected chi connectivity index (χ3v) is 6.21. The number of thiocarbonyl (C=S) groups is 1. The zero-order valence-corrected chi connectivity index (χ0v) is 20.6. The zero-order chi connectivity index (χ0) is 24.0. The van der Waals surface area contributed by atoms with Crippen LogP contribution in [-0.4, -0.2) is 21.5 Å². The lowest BCUT2D eigenvalue weighted by atomic mass is 10.0. The Balaban J connectivity index is 1.79. The normalized spacial score (nSPS) is 15.4. The Kier molecular flexibility index (Phi) is 5.80. The Morgan fingerprint density at radius 2 is 1.52 bits per heavy atom. The quantitative estimate of drug-likeness (QED) is 0.336. The molecule has 0 atom stereocenters. The first-order valence-corrected chi connectivity index (χ1v) is 11.2. The Bertz CT molecular complexity index is 1340. The summed E-state index contributed by atoms with van der Waals surface area (Å²) in [6.07, 6.45) is 1.66. The summed E-state index contributed by atoms with van der Waals surface area (Å²) in [5, 5.41) is 2.77. The van der Waals surface area contributed by atoms with Crippen LogP contribution in [0.3, 0.4) is 0 Å². The highest BCUT2D eigenvalue weighted by Gasteiger charge is 2.35. The number of hydrogen-bond acceptors (Lipinski definition) is 3. The van der Waals surface area contributed by atoms with E-state index in [1.165, 1.54) is 16.0 Å². The molecule has 2 heterocycles. The Morgan fingerprint density at radius 3 is 2.15 bits per heavy atom. The summed E-state index contributed by atoms with van der Waals surface area (Å²) in [6.45, 7) is 12.1. The number of hydrogen-bond donors (Lipinski definition) is 1. The van der Waals surface area contributed by atoms with Gasteiger partial charge in [-0.15, -0.1) is 0 Å². The van der Waals surface area contributed by atoms with Gasteiger partial charge in [0.1, 0.15) is 5.57 Å². The molecule has 0 bridgehead atoms. The monoisotopic (exact) mass is 457 g/mol. The van der Waals surface area contributed by atoms with Crippen molar-refractivity contribution < 1.29 is 9.59 Å². The second kappa shape index (κ2) is 8.45. The van der Waals surface area contributed by atoms with E-state index < -0.39 is 11.8 Å². The molecule has 1 saturated heterocycles. The maximum atomic E-state index is 13.5. The van der Waals surface area contributed by atoms with E-state index in [9.17, 15) is 9.59 Å². The molecule has 0 saturated carbocycles. The van der Waals surface area contributed by atoms with Gasteiger partial charge in [-0.25, -0.2) is 0 Å². The molecule has 0 radical (unpaired) electrons. The molecule has 1 aliphatic rings. The number of anilines is 1. The summed E-state index contributed by atoms with van der Waals surface area (Å²) in [7, 11) is 0. The van der Waals surface area contributed by atoms with Gasteiger partial charge < -0.3 is 4.57 Å². The fourth-order valence-corrected chi connectivity index (χ4v) is 4.77. The number of aryl methyl sites for hydroxylation is 5. The van der Waals surface area contributed by atoms with Crippen molar-refractivity contribution in [2.75, 3.05) is 4.90 Å². The molecule has 2 aromatic carbocycles. The van der Waals surface area contributed by atoms with Crippen molar-refractivity contribution in [2.45, 2.75) is 41.5 Å². The summed E-state index contributed by atoms with van der Waals surface area (Å²) >= 11 is 5.35. The number of aromatic nitrogens is 1. The van der Waals surface area contributed by atoms with Gasteiger partial charge in [0.15, 0.2) is 5.11 Å². The summed E-state index contributed by atoms with van der Waals surface area (Å²) < 4.78 is 2.14. The van der Waals surface area contributed by atoms with Gasteiger partial charge in [0.25, 0.3) is 11.8 Å². The second-order valence-corrected chi connectivity index (χ2v) is 9.14. The van der Waals surface area contributed by atoms with Crippen LogP contribution in [0.5, 0.6) is 0 Å². The smallest absolute Gasteiger partial charge is 0.270 e. The lowest BCUT2D eigenvalue weighted by Crippen LogP contribution is -2.54. The van der Waals surface area contributed by atoms with Crippen LogP contribution < -0.4 is 10.2 Å². The fourth-order valence-electron chi connectivity index (χ4n) is 4.50. The number of benzene rings is 2. The van der Waals surface area contributed by atoms with Crippen LogP contribution in [0.1, 0.15) is 39.2 Å².